The molecule has 0 aliphatic carbocycles. The fourth-order valence-electron chi connectivity index (χ4n) is 0.914. The van der Waals surface area contributed by atoms with Gasteiger partial charge in [-0.1, -0.05) is 0 Å². The van der Waals surface area contributed by atoms with Crippen LogP contribution in [0.1, 0.15) is 23.0 Å². The molecular formula is C9H12N2O3. The van der Waals surface area contributed by atoms with Gasteiger partial charge < -0.3 is 15.5 Å². The van der Waals surface area contributed by atoms with Crippen LogP contribution in [-0.2, 0) is 4.79 Å². The van der Waals surface area contributed by atoms with E-state index in [1.54, 1.807) is 13.0 Å². The first kappa shape index (κ1) is 10.3. The first-order valence-electron chi connectivity index (χ1n) is 4.16. The Balaban J connectivity index is 2.63. The maximum absolute atomic E-state index is 11.4. The lowest BCUT2D eigenvalue weighted by Gasteiger charge is -2.07. The second kappa shape index (κ2) is 3.95. The number of carbonyl (C=O) groups excluding carboxylic acids is 2. The molecule has 14 heavy (non-hydrogen) atoms. The Morgan fingerprint density at radius 1 is 1.57 bits per heavy atom. The molecule has 0 spiro atoms. The zero-order valence-electron chi connectivity index (χ0n) is 8.03. The SMILES string of the molecule is Cc1cc(C(=O)N[C@H](C)C(N)=O)co1. The molecule has 5 nitrogen and oxygen atoms in total. The van der Waals surface area contributed by atoms with Crippen LogP contribution in [0.15, 0.2) is 16.7 Å². The predicted molar refractivity (Wildman–Crippen MR) is 49.6 cm³/mol. The van der Waals surface area contributed by atoms with Gasteiger partial charge in [-0.3, -0.25) is 9.59 Å². The van der Waals surface area contributed by atoms with Crippen LogP contribution in [0, 0.1) is 6.92 Å². The van der Waals surface area contributed by atoms with Crippen molar-refractivity contribution in [2.75, 3.05) is 0 Å². The lowest BCUT2D eigenvalue weighted by Crippen LogP contribution is -2.42. The third-order valence-electron chi connectivity index (χ3n) is 1.77. The average Bonchev–Trinajstić information content (AvgIpc) is 2.51. The van der Waals surface area contributed by atoms with Crippen LogP contribution in [0.2, 0.25) is 0 Å². The van der Waals surface area contributed by atoms with Gasteiger partial charge in [0.2, 0.25) is 5.91 Å². The molecule has 0 radical (unpaired) electrons. The number of aryl methyl sites for hydroxylation is 1. The van der Waals surface area contributed by atoms with E-state index in [4.69, 9.17) is 10.2 Å². The summed E-state index contributed by atoms with van der Waals surface area (Å²) in [4.78, 5) is 22.0. The number of rotatable bonds is 3. The summed E-state index contributed by atoms with van der Waals surface area (Å²) >= 11 is 0. The summed E-state index contributed by atoms with van der Waals surface area (Å²) in [5.74, 6) is -0.298. The zero-order chi connectivity index (χ0) is 10.7. The van der Waals surface area contributed by atoms with Gasteiger partial charge in [-0.25, -0.2) is 0 Å². The quantitative estimate of drug-likeness (QED) is 0.723. The molecule has 0 fully saturated rings. The number of amides is 2. The van der Waals surface area contributed by atoms with E-state index in [2.05, 4.69) is 5.32 Å². The molecule has 0 aliphatic rings. The lowest BCUT2D eigenvalue weighted by molar-refractivity contribution is -0.119. The number of nitrogens with two attached hydrogens (primary N) is 1. The van der Waals surface area contributed by atoms with E-state index in [-0.39, 0.29) is 5.91 Å². The molecule has 1 atom stereocenters. The van der Waals surface area contributed by atoms with Gasteiger partial charge in [-0.15, -0.1) is 0 Å². The number of primary amides is 1. The highest BCUT2D eigenvalue weighted by Gasteiger charge is 2.14. The summed E-state index contributed by atoms with van der Waals surface area (Å²) in [6.45, 7) is 3.25. The molecule has 0 saturated heterocycles. The highest BCUT2D eigenvalue weighted by Crippen LogP contribution is 2.05. The van der Waals surface area contributed by atoms with Crippen LogP contribution >= 0.6 is 0 Å². The number of nitrogens with one attached hydrogen (secondary N) is 1. The monoisotopic (exact) mass is 196 g/mol. The first-order chi connectivity index (χ1) is 6.50. The molecule has 2 amide bonds. The van der Waals surface area contributed by atoms with Crippen molar-refractivity contribution in [3.63, 3.8) is 0 Å². The molecule has 5 heteroatoms. The Kier molecular flexibility index (Phi) is 2.91. The van der Waals surface area contributed by atoms with E-state index in [0.29, 0.717) is 11.3 Å². The van der Waals surface area contributed by atoms with E-state index in [9.17, 15) is 9.59 Å². The van der Waals surface area contributed by atoms with Crippen molar-refractivity contribution in [2.45, 2.75) is 19.9 Å². The molecule has 0 saturated carbocycles. The van der Waals surface area contributed by atoms with Crippen molar-refractivity contribution < 1.29 is 14.0 Å². The predicted octanol–water partition coefficient (Wildman–Crippen LogP) is 0.192. The highest BCUT2D eigenvalue weighted by atomic mass is 16.3. The van der Waals surface area contributed by atoms with E-state index in [0.717, 1.165) is 0 Å². The van der Waals surface area contributed by atoms with Crippen LogP contribution in [0.3, 0.4) is 0 Å². The number of hydrogen-bond acceptors (Lipinski definition) is 3. The van der Waals surface area contributed by atoms with Crippen molar-refractivity contribution in [2.24, 2.45) is 5.73 Å². The minimum Gasteiger partial charge on any atom is -0.469 e. The van der Waals surface area contributed by atoms with Crippen LogP contribution in [-0.4, -0.2) is 17.9 Å². The lowest BCUT2D eigenvalue weighted by atomic mass is 10.2. The highest BCUT2D eigenvalue weighted by molar-refractivity contribution is 5.96. The third-order valence-corrected chi connectivity index (χ3v) is 1.77. The van der Waals surface area contributed by atoms with Crippen molar-refractivity contribution >= 4 is 11.8 Å². The third kappa shape index (κ3) is 2.35. The molecule has 1 aromatic heterocycles. The van der Waals surface area contributed by atoms with Crippen LogP contribution in [0.25, 0.3) is 0 Å². The van der Waals surface area contributed by atoms with Gasteiger partial charge in [0.05, 0.1) is 5.56 Å². The maximum Gasteiger partial charge on any atom is 0.255 e. The van der Waals surface area contributed by atoms with Crippen LogP contribution in [0.5, 0.6) is 0 Å². The van der Waals surface area contributed by atoms with Crippen molar-refractivity contribution in [3.8, 4) is 0 Å². The molecular weight excluding hydrogens is 184 g/mol. The summed E-state index contributed by atoms with van der Waals surface area (Å²) in [7, 11) is 0. The summed E-state index contributed by atoms with van der Waals surface area (Å²) in [5, 5.41) is 2.44. The zero-order valence-corrected chi connectivity index (χ0v) is 8.03. The Hall–Kier alpha value is -1.78. The minimum absolute atomic E-state index is 0.367. The summed E-state index contributed by atoms with van der Waals surface area (Å²) < 4.78 is 4.95. The van der Waals surface area contributed by atoms with Crippen LogP contribution in [0.4, 0.5) is 0 Å². The van der Waals surface area contributed by atoms with Gasteiger partial charge in [0.15, 0.2) is 0 Å². The van der Waals surface area contributed by atoms with Gasteiger partial charge in [0.25, 0.3) is 5.91 Å². The molecule has 0 unspecified atom stereocenters. The maximum atomic E-state index is 11.4. The van der Waals surface area contributed by atoms with Crippen LogP contribution < -0.4 is 11.1 Å². The molecule has 0 aromatic carbocycles. The molecule has 0 bridgehead atoms. The van der Waals surface area contributed by atoms with E-state index in [1.165, 1.54) is 13.2 Å². The van der Waals surface area contributed by atoms with Gasteiger partial charge in [0.1, 0.15) is 18.1 Å². The van der Waals surface area contributed by atoms with Gasteiger partial charge in [0, 0.05) is 0 Å². The van der Waals surface area contributed by atoms with Gasteiger partial charge >= 0.3 is 0 Å². The smallest absolute Gasteiger partial charge is 0.255 e. The standard InChI is InChI=1S/C9H12N2O3/c1-5-3-7(4-14-5)9(13)11-6(2)8(10)12/h3-4,6H,1-2H3,(H2,10,12)(H,11,13)/t6-/m1/s1. The Labute approximate surface area is 81.3 Å². The van der Waals surface area contributed by atoms with Crippen molar-refractivity contribution in [1.82, 2.24) is 5.32 Å². The van der Waals surface area contributed by atoms with Gasteiger partial charge in [-0.05, 0) is 19.9 Å². The van der Waals surface area contributed by atoms with Gasteiger partial charge in [-0.2, -0.15) is 0 Å². The Bertz CT molecular complexity index is 357. The number of hydrogen-bond donors (Lipinski definition) is 2. The minimum atomic E-state index is -0.683. The second-order valence-electron chi connectivity index (χ2n) is 3.04. The topological polar surface area (TPSA) is 85.3 Å². The van der Waals surface area contributed by atoms with Crippen molar-refractivity contribution in [3.05, 3.63) is 23.7 Å². The second-order valence-corrected chi connectivity index (χ2v) is 3.04. The fraction of sp³-hybridized carbons (Fsp3) is 0.333. The Morgan fingerprint density at radius 3 is 2.64 bits per heavy atom. The number of carbonyl (C=O) groups is 2. The van der Waals surface area contributed by atoms with E-state index < -0.39 is 11.9 Å². The van der Waals surface area contributed by atoms with E-state index >= 15 is 0 Å². The Morgan fingerprint density at radius 2 is 2.21 bits per heavy atom. The normalized spacial score (nSPS) is 12.1. The summed E-state index contributed by atoms with van der Waals surface area (Å²) in [6, 6.07) is 0.904. The molecule has 1 rings (SSSR count). The largest absolute Gasteiger partial charge is 0.469 e. The fourth-order valence-corrected chi connectivity index (χ4v) is 0.914. The number of furan rings is 1. The molecule has 0 aliphatic heterocycles. The summed E-state index contributed by atoms with van der Waals surface area (Å²) in [5.41, 5.74) is 5.38. The van der Waals surface area contributed by atoms with E-state index in [1.807, 2.05) is 0 Å². The molecule has 1 heterocycles. The molecule has 76 valence electrons. The average molecular weight is 196 g/mol. The molecule has 3 N–H and O–H groups in total. The summed E-state index contributed by atoms with van der Waals surface area (Å²) in [6.07, 6.45) is 1.33. The molecule has 1 aromatic rings. The first-order valence-corrected chi connectivity index (χ1v) is 4.16. The van der Waals surface area contributed by atoms with Crippen molar-refractivity contribution in [1.29, 1.82) is 0 Å².